The summed E-state index contributed by atoms with van der Waals surface area (Å²) in [6, 6.07) is 15.1. The zero-order valence-corrected chi connectivity index (χ0v) is 17.2. The molecular weight excluding hydrogens is 366 g/mol. The van der Waals surface area contributed by atoms with Gasteiger partial charge in [0.1, 0.15) is 5.75 Å². The van der Waals surface area contributed by atoms with Gasteiger partial charge in [0.2, 0.25) is 11.8 Å². The third-order valence-electron chi connectivity index (χ3n) is 5.48. The van der Waals surface area contributed by atoms with Crippen LogP contribution in [0, 0.1) is 5.92 Å². The molecule has 2 amide bonds. The summed E-state index contributed by atoms with van der Waals surface area (Å²) in [6.45, 7) is 4.80. The molecule has 0 saturated heterocycles. The van der Waals surface area contributed by atoms with Crippen LogP contribution in [0.4, 0.5) is 0 Å². The molecule has 3 N–H and O–H groups in total. The van der Waals surface area contributed by atoms with Crippen molar-refractivity contribution < 1.29 is 14.3 Å². The van der Waals surface area contributed by atoms with Crippen molar-refractivity contribution in [2.45, 2.75) is 38.9 Å². The van der Waals surface area contributed by atoms with Gasteiger partial charge in [-0.05, 0) is 41.2 Å². The molecule has 0 radical (unpaired) electrons. The van der Waals surface area contributed by atoms with Gasteiger partial charge in [0.05, 0.1) is 25.7 Å². The normalized spacial score (nSPS) is 17.4. The van der Waals surface area contributed by atoms with Crippen molar-refractivity contribution >= 4 is 11.8 Å². The van der Waals surface area contributed by atoms with Gasteiger partial charge in [0, 0.05) is 6.54 Å². The van der Waals surface area contributed by atoms with Crippen LogP contribution >= 0.6 is 0 Å². The van der Waals surface area contributed by atoms with E-state index in [1.54, 1.807) is 7.11 Å². The zero-order valence-electron chi connectivity index (χ0n) is 17.2. The first-order valence-electron chi connectivity index (χ1n) is 9.92. The molecule has 2 atom stereocenters. The van der Waals surface area contributed by atoms with E-state index in [1.165, 1.54) is 0 Å². The summed E-state index contributed by atoms with van der Waals surface area (Å²) in [5, 5.41) is 3.13. The summed E-state index contributed by atoms with van der Waals surface area (Å²) < 4.78 is 5.22. The number of benzene rings is 2. The number of fused-ring (bicyclic) bond motifs is 1. The summed E-state index contributed by atoms with van der Waals surface area (Å²) >= 11 is 0. The van der Waals surface area contributed by atoms with E-state index in [0.29, 0.717) is 13.0 Å². The fourth-order valence-corrected chi connectivity index (χ4v) is 3.87. The van der Waals surface area contributed by atoms with Crippen molar-refractivity contribution in [3.8, 4) is 5.75 Å². The second-order valence-electron chi connectivity index (χ2n) is 7.86. The Morgan fingerprint density at radius 3 is 2.38 bits per heavy atom. The van der Waals surface area contributed by atoms with E-state index in [-0.39, 0.29) is 24.4 Å². The number of nitrogens with two attached hydrogens (primary N) is 1. The lowest BCUT2D eigenvalue weighted by Gasteiger charge is -2.35. The predicted octanol–water partition coefficient (Wildman–Crippen LogP) is 2.42. The summed E-state index contributed by atoms with van der Waals surface area (Å²) in [7, 11) is 1.63. The first-order valence-corrected chi connectivity index (χ1v) is 9.92. The SMILES string of the molecule is COc1ccc([C@@H](NC(=O)CN2Cc3ccccc3C[C@H]2C(N)=O)C(C)C)cc1. The lowest BCUT2D eigenvalue weighted by atomic mass is 9.93. The lowest BCUT2D eigenvalue weighted by molar-refractivity contribution is -0.128. The molecular formula is C23H29N3O3. The summed E-state index contributed by atoms with van der Waals surface area (Å²) in [5.74, 6) is 0.466. The summed E-state index contributed by atoms with van der Waals surface area (Å²) in [4.78, 5) is 26.7. The molecule has 29 heavy (non-hydrogen) atoms. The van der Waals surface area contributed by atoms with Gasteiger partial charge in [-0.15, -0.1) is 0 Å². The predicted molar refractivity (Wildman–Crippen MR) is 112 cm³/mol. The molecule has 1 aliphatic rings. The second-order valence-corrected chi connectivity index (χ2v) is 7.86. The molecule has 1 aliphatic heterocycles. The van der Waals surface area contributed by atoms with Crippen LogP contribution in [-0.4, -0.2) is 36.4 Å². The minimum atomic E-state index is -0.478. The van der Waals surface area contributed by atoms with Crippen LogP contribution in [0.15, 0.2) is 48.5 Å². The molecule has 0 spiro atoms. The average Bonchev–Trinajstić information content (AvgIpc) is 2.71. The number of hydrogen-bond donors (Lipinski definition) is 2. The van der Waals surface area contributed by atoms with E-state index >= 15 is 0 Å². The van der Waals surface area contributed by atoms with E-state index in [4.69, 9.17) is 10.5 Å². The summed E-state index contributed by atoms with van der Waals surface area (Å²) in [6.07, 6.45) is 0.533. The standard InChI is InChI=1S/C23H29N3O3/c1-15(2)22(16-8-10-19(29-3)11-9-16)25-21(27)14-26-13-18-7-5-4-6-17(18)12-20(26)23(24)28/h4-11,15,20,22H,12-14H2,1-3H3,(H2,24,28)(H,25,27)/t20-,22-/m0/s1. The highest BCUT2D eigenvalue weighted by molar-refractivity contribution is 5.83. The lowest BCUT2D eigenvalue weighted by Crippen LogP contribution is -2.52. The molecule has 6 nitrogen and oxygen atoms in total. The number of hydrogen-bond acceptors (Lipinski definition) is 4. The van der Waals surface area contributed by atoms with Gasteiger partial charge in [0.25, 0.3) is 0 Å². The Kier molecular flexibility index (Phi) is 6.54. The van der Waals surface area contributed by atoms with E-state index in [9.17, 15) is 9.59 Å². The Balaban J connectivity index is 1.72. The molecule has 3 rings (SSSR count). The first kappa shape index (κ1) is 20.9. The molecule has 0 saturated carbocycles. The zero-order chi connectivity index (χ0) is 21.0. The number of nitrogens with zero attached hydrogens (tertiary/aromatic N) is 1. The van der Waals surface area contributed by atoms with E-state index in [1.807, 2.05) is 53.4 Å². The Morgan fingerprint density at radius 2 is 1.79 bits per heavy atom. The van der Waals surface area contributed by atoms with Crippen molar-refractivity contribution in [3.05, 3.63) is 65.2 Å². The van der Waals surface area contributed by atoms with E-state index in [2.05, 4.69) is 19.2 Å². The number of rotatable bonds is 7. The maximum absolute atomic E-state index is 12.9. The van der Waals surface area contributed by atoms with E-state index in [0.717, 1.165) is 22.4 Å². The van der Waals surface area contributed by atoms with Gasteiger partial charge in [-0.3, -0.25) is 14.5 Å². The van der Waals surface area contributed by atoms with Gasteiger partial charge in [-0.1, -0.05) is 50.2 Å². The Hall–Kier alpha value is -2.86. The maximum atomic E-state index is 12.9. The number of primary amides is 1. The minimum Gasteiger partial charge on any atom is -0.497 e. The van der Waals surface area contributed by atoms with Gasteiger partial charge < -0.3 is 15.8 Å². The van der Waals surface area contributed by atoms with Crippen LogP contribution < -0.4 is 15.8 Å². The topological polar surface area (TPSA) is 84.7 Å². The molecule has 1 heterocycles. The van der Waals surface area contributed by atoms with Gasteiger partial charge in [-0.2, -0.15) is 0 Å². The molecule has 0 aliphatic carbocycles. The smallest absolute Gasteiger partial charge is 0.235 e. The van der Waals surface area contributed by atoms with Crippen molar-refractivity contribution in [1.82, 2.24) is 10.2 Å². The molecule has 154 valence electrons. The van der Waals surface area contributed by atoms with Gasteiger partial charge >= 0.3 is 0 Å². The van der Waals surface area contributed by atoms with Crippen LogP contribution in [0.2, 0.25) is 0 Å². The van der Waals surface area contributed by atoms with Crippen LogP contribution in [0.1, 0.15) is 36.6 Å². The van der Waals surface area contributed by atoms with Crippen LogP contribution in [0.3, 0.4) is 0 Å². The largest absolute Gasteiger partial charge is 0.497 e. The number of carbonyl (C=O) groups is 2. The highest BCUT2D eigenvalue weighted by Gasteiger charge is 2.31. The molecule has 0 bridgehead atoms. The number of amides is 2. The maximum Gasteiger partial charge on any atom is 0.235 e. The van der Waals surface area contributed by atoms with Crippen LogP contribution in [-0.2, 0) is 22.6 Å². The molecule has 0 unspecified atom stereocenters. The molecule has 6 heteroatoms. The fraction of sp³-hybridized carbons (Fsp3) is 0.391. The first-order chi connectivity index (χ1) is 13.9. The van der Waals surface area contributed by atoms with Crippen LogP contribution in [0.5, 0.6) is 5.75 Å². The Bertz CT molecular complexity index is 864. The average molecular weight is 396 g/mol. The highest BCUT2D eigenvalue weighted by atomic mass is 16.5. The van der Waals surface area contributed by atoms with Crippen molar-refractivity contribution in [3.63, 3.8) is 0 Å². The van der Waals surface area contributed by atoms with Gasteiger partial charge in [-0.25, -0.2) is 0 Å². The van der Waals surface area contributed by atoms with E-state index < -0.39 is 11.9 Å². The van der Waals surface area contributed by atoms with Crippen LogP contribution in [0.25, 0.3) is 0 Å². The Morgan fingerprint density at radius 1 is 1.14 bits per heavy atom. The third kappa shape index (κ3) is 4.95. The number of nitrogens with one attached hydrogen (secondary N) is 1. The molecule has 2 aromatic rings. The van der Waals surface area contributed by atoms with Crippen molar-refractivity contribution in [1.29, 1.82) is 0 Å². The third-order valence-corrected chi connectivity index (χ3v) is 5.48. The highest BCUT2D eigenvalue weighted by Crippen LogP contribution is 2.25. The number of methoxy groups -OCH3 is 1. The summed E-state index contributed by atoms with van der Waals surface area (Å²) in [5.41, 5.74) is 8.90. The fourth-order valence-electron chi connectivity index (χ4n) is 3.87. The molecule has 0 fully saturated rings. The van der Waals surface area contributed by atoms with Crippen molar-refractivity contribution in [2.75, 3.05) is 13.7 Å². The minimum absolute atomic E-state index is 0.120. The Labute approximate surface area is 172 Å². The van der Waals surface area contributed by atoms with Gasteiger partial charge in [0.15, 0.2) is 0 Å². The monoisotopic (exact) mass is 395 g/mol. The number of carbonyl (C=O) groups excluding carboxylic acids is 2. The molecule has 0 aromatic heterocycles. The second kappa shape index (κ2) is 9.09. The molecule has 2 aromatic carbocycles. The number of ether oxygens (including phenoxy) is 1. The quantitative estimate of drug-likeness (QED) is 0.754. The van der Waals surface area contributed by atoms with Crippen molar-refractivity contribution in [2.24, 2.45) is 11.7 Å².